The van der Waals surface area contributed by atoms with Crippen LogP contribution in [0.2, 0.25) is 0 Å². The molecule has 0 saturated heterocycles. The molecule has 0 heterocycles. The van der Waals surface area contributed by atoms with Crippen molar-refractivity contribution in [3.05, 3.63) is 0 Å². The van der Waals surface area contributed by atoms with Gasteiger partial charge >= 0.3 is 0 Å². The lowest BCUT2D eigenvalue weighted by molar-refractivity contribution is -0.162. The van der Waals surface area contributed by atoms with Gasteiger partial charge in [-0.05, 0) is 130 Å². The molecule has 2 nitrogen and oxygen atoms in total. The monoisotopic (exact) mass is 446 g/mol. The van der Waals surface area contributed by atoms with E-state index < -0.39 is 11.2 Å². The average Bonchev–Trinajstić information content (AvgIpc) is 3.05. The predicted molar refractivity (Wildman–Crippen MR) is 134 cm³/mol. The molecule has 4 unspecified atom stereocenters. The summed E-state index contributed by atoms with van der Waals surface area (Å²) >= 11 is 0. The Morgan fingerprint density at radius 1 is 0.875 bits per heavy atom. The molecule has 186 valence electrons. The first-order chi connectivity index (χ1) is 14.8. The summed E-state index contributed by atoms with van der Waals surface area (Å²) in [7, 11) is 0. The summed E-state index contributed by atoms with van der Waals surface area (Å²) in [6, 6.07) is 0. The van der Waals surface area contributed by atoms with Crippen molar-refractivity contribution < 1.29 is 10.2 Å². The maximum atomic E-state index is 11.3. The molecule has 4 saturated carbocycles. The van der Waals surface area contributed by atoms with Gasteiger partial charge in [-0.2, -0.15) is 0 Å². The van der Waals surface area contributed by atoms with Gasteiger partial charge in [0.25, 0.3) is 0 Å². The molecule has 0 radical (unpaired) electrons. The largest absolute Gasteiger partial charge is 0.390 e. The van der Waals surface area contributed by atoms with Gasteiger partial charge in [0.2, 0.25) is 0 Å². The normalized spacial score (nSPS) is 47.6. The van der Waals surface area contributed by atoms with Crippen LogP contribution in [-0.2, 0) is 0 Å². The minimum absolute atomic E-state index is 0.382. The van der Waals surface area contributed by atoms with Crippen LogP contribution < -0.4 is 0 Å². The molecule has 0 aromatic carbocycles. The highest BCUT2D eigenvalue weighted by Crippen LogP contribution is 2.69. The molecular formula is C30H54O2. The Hall–Kier alpha value is -0.0800. The summed E-state index contributed by atoms with van der Waals surface area (Å²) < 4.78 is 0. The van der Waals surface area contributed by atoms with Crippen LogP contribution in [0.25, 0.3) is 0 Å². The molecule has 4 aliphatic rings. The van der Waals surface area contributed by atoms with E-state index in [0.29, 0.717) is 16.7 Å². The van der Waals surface area contributed by atoms with E-state index in [1.54, 1.807) is 0 Å². The Kier molecular flexibility index (Phi) is 6.68. The molecule has 0 amide bonds. The van der Waals surface area contributed by atoms with E-state index in [2.05, 4.69) is 34.6 Å². The van der Waals surface area contributed by atoms with E-state index in [-0.39, 0.29) is 0 Å². The van der Waals surface area contributed by atoms with Gasteiger partial charge in [-0.3, -0.25) is 0 Å². The van der Waals surface area contributed by atoms with E-state index >= 15 is 0 Å². The van der Waals surface area contributed by atoms with Crippen LogP contribution in [-0.4, -0.2) is 21.4 Å². The van der Waals surface area contributed by atoms with Gasteiger partial charge in [-0.25, -0.2) is 0 Å². The lowest BCUT2D eigenvalue weighted by Crippen LogP contribution is -2.57. The Labute approximate surface area is 199 Å². The minimum atomic E-state index is -0.518. The Morgan fingerprint density at radius 2 is 1.56 bits per heavy atom. The summed E-state index contributed by atoms with van der Waals surface area (Å²) in [6.45, 7) is 16.2. The SMILES string of the molecule is CC(C)[C@]1(O)CC[C@@]2(C)C(CC[C@@H]3C2CC[C@@]2(C)C3CCC2[C@H](C)CCCC(C)(C)O)C1. The molecule has 0 spiro atoms. The fourth-order valence-electron chi connectivity index (χ4n) is 9.83. The molecule has 0 bridgehead atoms. The van der Waals surface area contributed by atoms with Gasteiger partial charge < -0.3 is 10.2 Å². The number of hydrogen-bond donors (Lipinski definition) is 2. The summed E-state index contributed by atoms with van der Waals surface area (Å²) in [6.07, 6.45) is 15.2. The Bertz CT molecular complexity index is 664. The summed E-state index contributed by atoms with van der Waals surface area (Å²) in [5, 5.41) is 21.4. The second-order valence-corrected chi connectivity index (χ2v) is 14.5. The van der Waals surface area contributed by atoms with Crippen molar-refractivity contribution in [3.8, 4) is 0 Å². The lowest BCUT2D eigenvalue weighted by atomic mass is 9.43. The van der Waals surface area contributed by atoms with Crippen molar-refractivity contribution in [2.75, 3.05) is 0 Å². The molecule has 9 atom stereocenters. The van der Waals surface area contributed by atoms with Crippen molar-refractivity contribution in [2.24, 2.45) is 52.3 Å². The van der Waals surface area contributed by atoms with Crippen LogP contribution in [0.1, 0.15) is 126 Å². The quantitative estimate of drug-likeness (QED) is 0.441. The molecular weight excluding hydrogens is 392 g/mol. The van der Waals surface area contributed by atoms with Crippen LogP contribution in [0.4, 0.5) is 0 Å². The summed E-state index contributed by atoms with van der Waals surface area (Å²) in [4.78, 5) is 0. The molecule has 4 aliphatic carbocycles. The zero-order valence-electron chi connectivity index (χ0n) is 22.4. The van der Waals surface area contributed by atoms with E-state index in [0.717, 1.165) is 61.2 Å². The average molecular weight is 447 g/mol. The zero-order chi connectivity index (χ0) is 23.5. The molecule has 2 N–H and O–H groups in total. The fraction of sp³-hybridized carbons (Fsp3) is 1.00. The van der Waals surface area contributed by atoms with Gasteiger partial charge in [0.05, 0.1) is 11.2 Å². The highest BCUT2D eigenvalue weighted by molar-refractivity contribution is 5.11. The molecule has 4 rings (SSSR count). The second kappa shape index (κ2) is 8.54. The van der Waals surface area contributed by atoms with Crippen LogP contribution >= 0.6 is 0 Å². The number of aliphatic hydroxyl groups is 2. The van der Waals surface area contributed by atoms with Crippen molar-refractivity contribution in [1.29, 1.82) is 0 Å². The Morgan fingerprint density at radius 3 is 2.22 bits per heavy atom. The number of rotatable bonds is 6. The maximum Gasteiger partial charge on any atom is 0.0673 e. The third-order valence-corrected chi connectivity index (χ3v) is 12.0. The molecule has 0 aromatic heterocycles. The topological polar surface area (TPSA) is 40.5 Å². The van der Waals surface area contributed by atoms with Crippen LogP contribution in [0, 0.1) is 52.3 Å². The standard InChI is InChI=1S/C30H54O2/c1-20(2)30(32)18-17-28(6)22(19-30)10-11-23-25-13-12-24(29(25,7)16-14-26(23)28)21(3)9-8-15-27(4,5)31/h20-26,31-32H,8-19H2,1-7H3/t21-,22?,23+,24?,25?,26?,28+,29-,30+/m1/s1. The van der Waals surface area contributed by atoms with Crippen molar-refractivity contribution in [2.45, 2.75) is 137 Å². The van der Waals surface area contributed by atoms with E-state index in [1.165, 1.54) is 51.4 Å². The van der Waals surface area contributed by atoms with Gasteiger partial charge in [-0.1, -0.05) is 47.5 Å². The highest BCUT2D eigenvalue weighted by Gasteiger charge is 2.61. The highest BCUT2D eigenvalue weighted by atomic mass is 16.3. The molecule has 0 aliphatic heterocycles. The fourth-order valence-corrected chi connectivity index (χ4v) is 9.83. The van der Waals surface area contributed by atoms with E-state index in [9.17, 15) is 10.2 Å². The first kappa shape index (κ1) is 25.0. The van der Waals surface area contributed by atoms with Crippen molar-refractivity contribution in [1.82, 2.24) is 0 Å². The van der Waals surface area contributed by atoms with Gasteiger partial charge in [0.15, 0.2) is 0 Å². The van der Waals surface area contributed by atoms with E-state index in [4.69, 9.17) is 0 Å². The lowest BCUT2D eigenvalue weighted by Gasteiger charge is -2.62. The predicted octanol–water partition coefficient (Wildman–Crippen LogP) is 7.61. The number of hydrogen-bond acceptors (Lipinski definition) is 2. The smallest absolute Gasteiger partial charge is 0.0673 e. The molecule has 32 heavy (non-hydrogen) atoms. The minimum Gasteiger partial charge on any atom is -0.390 e. The van der Waals surface area contributed by atoms with Crippen molar-refractivity contribution in [3.63, 3.8) is 0 Å². The molecule has 0 aromatic rings. The van der Waals surface area contributed by atoms with E-state index in [1.807, 2.05) is 13.8 Å². The Balaban J connectivity index is 1.45. The first-order valence-corrected chi connectivity index (χ1v) is 14.2. The van der Waals surface area contributed by atoms with Gasteiger partial charge in [0, 0.05) is 0 Å². The van der Waals surface area contributed by atoms with Crippen molar-refractivity contribution >= 4 is 0 Å². The van der Waals surface area contributed by atoms with Crippen LogP contribution in [0.5, 0.6) is 0 Å². The third kappa shape index (κ3) is 4.23. The van der Waals surface area contributed by atoms with Crippen LogP contribution in [0.15, 0.2) is 0 Å². The zero-order valence-corrected chi connectivity index (χ0v) is 22.4. The third-order valence-electron chi connectivity index (χ3n) is 12.0. The maximum absolute atomic E-state index is 11.3. The second-order valence-electron chi connectivity index (χ2n) is 14.5. The molecule has 2 heteroatoms. The first-order valence-electron chi connectivity index (χ1n) is 14.2. The summed E-state index contributed by atoms with van der Waals surface area (Å²) in [5.41, 5.74) is 0.0561. The van der Waals surface area contributed by atoms with Gasteiger partial charge in [0.1, 0.15) is 0 Å². The van der Waals surface area contributed by atoms with Gasteiger partial charge in [-0.15, -0.1) is 0 Å². The summed E-state index contributed by atoms with van der Waals surface area (Å²) in [5.74, 6) is 5.51. The van der Waals surface area contributed by atoms with Crippen LogP contribution in [0.3, 0.4) is 0 Å². The number of fused-ring (bicyclic) bond motifs is 5. The molecule has 4 fully saturated rings.